The minimum Gasteiger partial charge on any atom is -0.466 e. The van der Waals surface area contributed by atoms with Crippen LogP contribution in [-0.4, -0.2) is 30.6 Å². The molecule has 1 fully saturated rings. The lowest BCUT2D eigenvalue weighted by molar-refractivity contribution is -0.149. The molecule has 0 atom stereocenters. The number of ether oxygens (including phenoxy) is 1. The van der Waals surface area contributed by atoms with E-state index in [1.165, 1.54) is 6.07 Å². The first-order valence-electron chi connectivity index (χ1n) is 7.24. The van der Waals surface area contributed by atoms with E-state index in [1.54, 1.807) is 6.07 Å². The average Bonchev–Trinajstić information content (AvgIpc) is 2.43. The molecule has 0 aromatic heterocycles. The summed E-state index contributed by atoms with van der Waals surface area (Å²) in [5, 5.41) is 0. The van der Waals surface area contributed by atoms with Crippen molar-refractivity contribution < 1.29 is 13.9 Å². The molecule has 2 rings (SSSR count). The molecule has 0 radical (unpaired) electrons. The Bertz CT molecular complexity index is 468. The maximum Gasteiger partial charge on any atom is 0.309 e. The molecule has 1 saturated heterocycles. The molecule has 0 saturated carbocycles. The lowest BCUT2D eigenvalue weighted by atomic mass is 9.96. The minimum atomic E-state index is -0.188. The van der Waals surface area contributed by atoms with Gasteiger partial charge < -0.3 is 4.74 Å². The summed E-state index contributed by atoms with van der Waals surface area (Å²) in [6, 6.07) is 4.93. The standard InChI is InChI=1S/C16H22FNO2/c1-3-20-16(19)13-6-8-18(9-7-13)11-14-4-5-15(17)10-12(14)2/h4-5,10,13H,3,6-9,11H2,1-2H3. The van der Waals surface area contributed by atoms with Crippen molar-refractivity contribution in [2.24, 2.45) is 5.92 Å². The zero-order valence-corrected chi connectivity index (χ0v) is 12.2. The SMILES string of the molecule is CCOC(=O)C1CCN(Cc2ccc(F)cc2C)CC1. The zero-order valence-electron chi connectivity index (χ0n) is 12.2. The van der Waals surface area contributed by atoms with Crippen LogP contribution in [0.3, 0.4) is 0 Å². The van der Waals surface area contributed by atoms with Crippen LogP contribution >= 0.6 is 0 Å². The topological polar surface area (TPSA) is 29.5 Å². The van der Waals surface area contributed by atoms with Crippen LogP contribution in [0.1, 0.15) is 30.9 Å². The number of benzene rings is 1. The predicted octanol–water partition coefficient (Wildman–Crippen LogP) is 2.91. The fourth-order valence-corrected chi connectivity index (χ4v) is 2.66. The number of rotatable bonds is 4. The number of piperidine rings is 1. The highest BCUT2D eigenvalue weighted by Gasteiger charge is 2.25. The second-order valence-corrected chi connectivity index (χ2v) is 5.37. The van der Waals surface area contributed by atoms with Gasteiger partial charge in [0.2, 0.25) is 0 Å². The van der Waals surface area contributed by atoms with E-state index in [0.717, 1.165) is 43.6 Å². The van der Waals surface area contributed by atoms with Crippen molar-refractivity contribution in [2.45, 2.75) is 33.2 Å². The summed E-state index contributed by atoms with van der Waals surface area (Å²) in [6.07, 6.45) is 1.69. The summed E-state index contributed by atoms with van der Waals surface area (Å²) < 4.78 is 18.1. The normalized spacial score (nSPS) is 17.1. The van der Waals surface area contributed by atoms with E-state index in [-0.39, 0.29) is 17.7 Å². The van der Waals surface area contributed by atoms with Crippen LogP contribution in [0.25, 0.3) is 0 Å². The van der Waals surface area contributed by atoms with Gasteiger partial charge in [0.1, 0.15) is 5.82 Å². The highest BCUT2D eigenvalue weighted by molar-refractivity contribution is 5.72. The minimum absolute atomic E-state index is 0.0421. The molecule has 3 nitrogen and oxygen atoms in total. The fourth-order valence-electron chi connectivity index (χ4n) is 2.66. The fraction of sp³-hybridized carbons (Fsp3) is 0.562. The van der Waals surface area contributed by atoms with E-state index in [1.807, 2.05) is 19.9 Å². The molecule has 20 heavy (non-hydrogen) atoms. The number of hydrogen-bond acceptors (Lipinski definition) is 3. The Morgan fingerprint density at radius 2 is 2.10 bits per heavy atom. The molecular formula is C16H22FNO2. The third kappa shape index (κ3) is 3.79. The summed E-state index contributed by atoms with van der Waals surface area (Å²) in [5.74, 6) is -0.210. The number of esters is 1. The summed E-state index contributed by atoms with van der Waals surface area (Å²) >= 11 is 0. The van der Waals surface area contributed by atoms with Gasteiger partial charge in [0.15, 0.2) is 0 Å². The molecule has 0 aliphatic carbocycles. The van der Waals surface area contributed by atoms with Gasteiger partial charge in [-0.2, -0.15) is 0 Å². The molecule has 0 bridgehead atoms. The molecule has 0 amide bonds. The van der Waals surface area contributed by atoms with Crippen molar-refractivity contribution >= 4 is 5.97 Å². The third-order valence-corrected chi connectivity index (χ3v) is 3.91. The lowest BCUT2D eigenvalue weighted by Gasteiger charge is -2.31. The Hall–Kier alpha value is -1.42. The highest BCUT2D eigenvalue weighted by atomic mass is 19.1. The molecule has 1 aromatic rings. The van der Waals surface area contributed by atoms with Gasteiger partial charge in [-0.25, -0.2) is 4.39 Å². The Labute approximate surface area is 119 Å². The molecule has 1 aromatic carbocycles. The summed E-state index contributed by atoms with van der Waals surface area (Å²) in [6.45, 7) is 6.82. The second-order valence-electron chi connectivity index (χ2n) is 5.37. The Balaban J connectivity index is 1.86. The highest BCUT2D eigenvalue weighted by Crippen LogP contribution is 2.21. The molecule has 110 valence electrons. The molecule has 1 heterocycles. The van der Waals surface area contributed by atoms with Gasteiger partial charge in [0.05, 0.1) is 12.5 Å². The molecular weight excluding hydrogens is 257 g/mol. The monoisotopic (exact) mass is 279 g/mol. The molecule has 0 unspecified atom stereocenters. The molecule has 0 spiro atoms. The van der Waals surface area contributed by atoms with E-state index in [9.17, 15) is 9.18 Å². The first kappa shape index (κ1) is 15.0. The van der Waals surface area contributed by atoms with Crippen molar-refractivity contribution in [2.75, 3.05) is 19.7 Å². The molecule has 1 aliphatic rings. The lowest BCUT2D eigenvalue weighted by Crippen LogP contribution is -2.36. The van der Waals surface area contributed by atoms with Crippen molar-refractivity contribution in [1.29, 1.82) is 0 Å². The van der Waals surface area contributed by atoms with Crippen molar-refractivity contribution in [3.8, 4) is 0 Å². The van der Waals surface area contributed by atoms with Gasteiger partial charge in [-0.3, -0.25) is 9.69 Å². The van der Waals surface area contributed by atoms with Gasteiger partial charge in [-0.05, 0) is 63.0 Å². The van der Waals surface area contributed by atoms with Gasteiger partial charge in [0, 0.05) is 6.54 Å². The Morgan fingerprint density at radius 1 is 1.40 bits per heavy atom. The number of hydrogen-bond donors (Lipinski definition) is 0. The van der Waals surface area contributed by atoms with Gasteiger partial charge in [-0.15, -0.1) is 0 Å². The number of nitrogens with zero attached hydrogens (tertiary/aromatic N) is 1. The number of aryl methyl sites for hydroxylation is 1. The largest absolute Gasteiger partial charge is 0.466 e. The molecule has 1 aliphatic heterocycles. The third-order valence-electron chi connectivity index (χ3n) is 3.91. The first-order chi connectivity index (χ1) is 9.60. The Morgan fingerprint density at radius 3 is 2.70 bits per heavy atom. The Kier molecular flexibility index (Phi) is 5.12. The van der Waals surface area contributed by atoms with Crippen molar-refractivity contribution in [1.82, 2.24) is 4.90 Å². The number of likely N-dealkylation sites (tertiary alicyclic amines) is 1. The van der Waals surface area contributed by atoms with Crippen LogP contribution in [0.4, 0.5) is 4.39 Å². The number of carbonyl (C=O) groups excluding carboxylic acids is 1. The number of halogens is 1. The van der Waals surface area contributed by atoms with Crippen LogP contribution in [0.15, 0.2) is 18.2 Å². The van der Waals surface area contributed by atoms with Crippen molar-refractivity contribution in [3.05, 3.63) is 35.1 Å². The summed E-state index contributed by atoms with van der Waals surface area (Å²) in [4.78, 5) is 14.0. The summed E-state index contributed by atoms with van der Waals surface area (Å²) in [5.41, 5.74) is 2.14. The molecule has 4 heteroatoms. The maximum atomic E-state index is 13.1. The van der Waals surface area contributed by atoms with Crippen LogP contribution < -0.4 is 0 Å². The predicted molar refractivity (Wildman–Crippen MR) is 75.8 cm³/mol. The van der Waals surface area contributed by atoms with Gasteiger partial charge in [0.25, 0.3) is 0 Å². The van der Waals surface area contributed by atoms with E-state index >= 15 is 0 Å². The van der Waals surface area contributed by atoms with Gasteiger partial charge in [-0.1, -0.05) is 6.07 Å². The van der Waals surface area contributed by atoms with Crippen molar-refractivity contribution in [3.63, 3.8) is 0 Å². The smallest absolute Gasteiger partial charge is 0.309 e. The summed E-state index contributed by atoms with van der Waals surface area (Å²) in [7, 11) is 0. The van der Waals surface area contributed by atoms with Gasteiger partial charge >= 0.3 is 5.97 Å². The zero-order chi connectivity index (χ0) is 14.5. The first-order valence-corrected chi connectivity index (χ1v) is 7.24. The maximum absolute atomic E-state index is 13.1. The van der Waals surface area contributed by atoms with E-state index in [4.69, 9.17) is 4.74 Å². The quantitative estimate of drug-likeness (QED) is 0.794. The molecule has 0 N–H and O–H groups in total. The average molecular weight is 279 g/mol. The van der Waals surface area contributed by atoms with E-state index in [2.05, 4.69) is 4.90 Å². The van der Waals surface area contributed by atoms with Crippen LogP contribution in [0, 0.1) is 18.7 Å². The second kappa shape index (κ2) is 6.84. The van der Waals surface area contributed by atoms with E-state index in [0.29, 0.717) is 6.61 Å². The van der Waals surface area contributed by atoms with Crippen LogP contribution in [0.2, 0.25) is 0 Å². The number of carbonyl (C=O) groups is 1. The van der Waals surface area contributed by atoms with E-state index < -0.39 is 0 Å². The van der Waals surface area contributed by atoms with Crippen LogP contribution in [-0.2, 0) is 16.1 Å². The van der Waals surface area contributed by atoms with Crippen LogP contribution in [0.5, 0.6) is 0 Å².